The highest BCUT2D eigenvalue weighted by molar-refractivity contribution is 5.98. The lowest BCUT2D eigenvalue weighted by molar-refractivity contribution is 0.0985. The summed E-state index contributed by atoms with van der Waals surface area (Å²) in [6.07, 6.45) is 6.30. The molecule has 1 rings (SSSR count). The van der Waals surface area contributed by atoms with Crippen LogP contribution in [0.1, 0.15) is 67.4 Å². The van der Waals surface area contributed by atoms with Crippen LogP contribution in [0.25, 0.3) is 0 Å². The minimum atomic E-state index is 0.0195. The monoisotopic (exact) mass is 248 g/mol. The number of unbranched alkanes of at least 4 members (excludes halogenated alkanes) is 3. The van der Waals surface area contributed by atoms with E-state index in [-0.39, 0.29) is 11.5 Å². The summed E-state index contributed by atoms with van der Waals surface area (Å²) in [6.45, 7) is 5.88. The Bertz CT molecular complexity index is 408. The van der Waals surface area contributed by atoms with Gasteiger partial charge in [0.15, 0.2) is 5.78 Å². The van der Waals surface area contributed by atoms with Gasteiger partial charge in [0.05, 0.1) is 5.56 Å². The number of carbonyl (C=O) groups excluding carboxylic acids is 1. The molecular weight excluding hydrogens is 224 g/mol. The quantitative estimate of drug-likeness (QED) is 0.573. The number of rotatable bonds is 7. The Morgan fingerprint density at radius 3 is 2.50 bits per heavy atom. The molecule has 0 heterocycles. The average molecular weight is 248 g/mol. The van der Waals surface area contributed by atoms with Crippen molar-refractivity contribution in [3.05, 3.63) is 28.8 Å². The van der Waals surface area contributed by atoms with Gasteiger partial charge < -0.3 is 5.11 Å². The van der Waals surface area contributed by atoms with Crippen LogP contribution in [0.15, 0.2) is 12.1 Å². The number of benzene rings is 1. The summed E-state index contributed by atoms with van der Waals surface area (Å²) >= 11 is 0. The molecule has 0 aromatic heterocycles. The minimum absolute atomic E-state index is 0.0195. The van der Waals surface area contributed by atoms with E-state index in [0.29, 0.717) is 12.0 Å². The van der Waals surface area contributed by atoms with Crippen LogP contribution in [0.3, 0.4) is 0 Å². The van der Waals surface area contributed by atoms with Crippen LogP contribution in [0, 0.1) is 6.92 Å². The van der Waals surface area contributed by atoms with Crippen LogP contribution in [0.2, 0.25) is 0 Å². The predicted octanol–water partition coefficient (Wildman–Crippen LogP) is 4.42. The van der Waals surface area contributed by atoms with E-state index < -0.39 is 0 Å². The Balaban J connectivity index is 2.81. The second kappa shape index (κ2) is 7.20. The molecule has 0 saturated carbocycles. The molecule has 100 valence electrons. The van der Waals surface area contributed by atoms with E-state index in [2.05, 4.69) is 6.92 Å². The molecule has 0 unspecified atom stereocenters. The predicted molar refractivity (Wildman–Crippen MR) is 75.3 cm³/mol. The van der Waals surface area contributed by atoms with E-state index in [4.69, 9.17) is 0 Å². The average Bonchev–Trinajstić information content (AvgIpc) is 2.37. The molecule has 0 saturated heterocycles. The molecule has 0 fully saturated rings. The summed E-state index contributed by atoms with van der Waals surface area (Å²) in [5, 5.41) is 9.91. The molecule has 0 atom stereocenters. The lowest BCUT2D eigenvalue weighted by Crippen LogP contribution is -2.00. The molecule has 1 aromatic carbocycles. The van der Waals surface area contributed by atoms with Gasteiger partial charge in [0, 0.05) is 6.42 Å². The maximum atomic E-state index is 11.8. The molecule has 0 radical (unpaired) electrons. The van der Waals surface area contributed by atoms with Gasteiger partial charge in [-0.25, -0.2) is 0 Å². The molecule has 0 spiro atoms. The molecule has 18 heavy (non-hydrogen) atoms. The normalized spacial score (nSPS) is 10.6. The van der Waals surface area contributed by atoms with Crippen molar-refractivity contribution in [1.29, 1.82) is 0 Å². The fourth-order valence-electron chi connectivity index (χ4n) is 2.16. The standard InChI is InChI=1S/C16H24O2/c1-4-6-7-8-9-13-10-12(3)16(18)14(11-13)15(17)5-2/h10-11,18H,4-9H2,1-3H3. The first-order valence-electron chi connectivity index (χ1n) is 6.95. The number of aryl methyl sites for hydroxylation is 2. The molecule has 1 aromatic rings. The van der Waals surface area contributed by atoms with Crippen molar-refractivity contribution in [1.82, 2.24) is 0 Å². The van der Waals surface area contributed by atoms with Crippen molar-refractivity contribution in [2.45, 2.75) is 59.3 Å². The lowest BCUT2D eigenvalue weighted by atomic mass is 9.97. The second-order valence-electron chi connectivity index (χ2n) is 4.90. The van der Waals surface area contributed by atoms with Gasteiger partial charge in [-0.2, -0.15) is 0 Å². The lowest BCUT2D eigenvalue weighted by Gasteiger charge is -2.09. The highest BCUT2D eigenvalue weighted by Crippen LogP contribution is 2.26. The Hall–Kier alpha value is -1.31. The number of ketones is 1. The van der Waals surface area contributed by atoms with E-state index in [9.17, 15) is 9.90 Å². The number of aromatic hydroxyl groups is 1. The first kappa shape index (κ1) is 14.7. The summed E-state index contributed by atoms with van der Waals surface area (Å²) in [4.78, 5) is 11.8. The van der Waals surface area contributed by atoms with Gasteiger partial charge >= 0.3 is 0 Å². The van der Waals surface area contributed by atoms with Gasteiger partial charge in [0.1, 0.15) is 5.75 Å². The minimum Gasteiger partial charge on any atom is -0.507 e. The number of hydrogen-bond acceptors (Lipinski definition) is 2. The molecule has 0 bridgehead atoms. The van der Waals surface area contributed by atoms with Gasteiger partial charge in [-0.3, -0.25) is 4.79 Å². The molecule has 0 aliphatic carbocycles. The number of carbonyl (C=O) groups is 1. The zero-order valence-electron chi connectivity index (χ0n) is 11.8. The van der Waals surface area contributed by atoms with Crippen molar-refractivity contribution in [3.63, 3.8) is 0 Å². The third-order valence-corrected chi connectivity index (χ3v) is 3.30. The summed E-state index contributed by atoms with van der Waals surface area (Å²) < 4.78 is 0. The van der Waals surface area contributed by atoms with E-state index >= 15 is 0 Å². The Kier molecular flexibility index (Phi) is 5.90. The zero-order valence-corrected chi connectivity index (χ0v) is 11.8. The summed E-state index contributed by atoms with van der Waals surface area (Å²) in [5.41, 5.74) is 2.46. The van der Waals surface area contributed by atoms with Crippen LogP contribution in [0.5, 0.6) is 5.75 Å². The van der Waals surface area contributed by atoms with Crippen molar-refractivity contribution in [2.75, 3.05) is 0 Å². The summed E-state index contributed by atoms with van der Waals surface area (Å²) in [5.74, 6) is 0.171. The summed E-state index contributed by atoms with van der Waals surface area (Å²) in [6, 6.07) is 3.85. The highest BCUT2D eigenvalue weighted by atomic mass is 16.3. The fraction of sp³-hybridized carbons (Fsp3) is 0.562. The van der Waals surface area contributed by atoms with E-state index in [0.717, 1.165) is 18.4 Å². The smallest absolute Gasteiger partial charge is 0.166 e. The molecule has 0 aliphatic rings. The van der Waals surface area contributed by atoms with E-state index in [1.165, 1.54) is 24.8 Å². The van der Waals surface area contributed by atoms with Crippen LogP contribution >= 0.6 is 0 Å². The number of Topliss-reactive ketones (excluding diaryl/α,β-unsaturated/α-hetero) is 1. The van der Waals surface area contributed by atoms with Crippen LogP contribution < -0.4 is 0 Å². The van der Waals surface area contributed by atoms with Crippen molar-refractivity contribution in [2.24, 2.45) is 0 Å². The fourth-order valence-corrected chi connectivity index (χ4v) is 2.16. The van der Waals surface area contributed by atoms with Gasteiger partial charge in [-0.1, -0.05) is 39.2 Å². The number of phenolic OH excluding ortho intramolecular Hbond substituents is 1. The van der Waals surface area contributed by atoms with E-state index in [1.54, 1.807) is 0 Å². The van der Waals surface area contributed by atoms with Gasteiger partial charge in [0.25, 0.3) is 0 Å². The van der Waals surface area contributed by atoms with Crippen molar-refractivity contribution >= 4 is 5.78 Å². The zero-order chi connectivity index (χ0) is 13.5. The SMILES string of the molecule is CCCCCCc1cc(C)c(O)c(C(=O)CC)c1. The van der Waals surface area contributed by atoms with Crippen LogP contribution in [-0.4, -0.2) is 10.9 Å². The summed E-state index contributed by atoms with van der Waals surface area (Å²) in [7, 11) is 0. The van der Waals surface area contributed by atoms with Crippen molar-refractivity contribution in [3.8, 4) is 5.75 Å². The molecule has 0 aliphatic heterocycles. The first-order chi connectivity index (χ1) is 8.60. The number of hydrogen-bond donors (Lipinski definition) is 1. The molecule has 1 N–H and O–H groups in total. The number of phenols is 1. The maximum absolute atomic E-state index is 11.8. The van der Waals surface area contributed by atoms with Crippen LogP contribution in [-0.2, 0) is 6.42 Å². The Morgan fingerprint density at radius 2 is 1.89 bits per heavy atom. The Labute approximate surface area is 110 Å². The Morgan fingerprint density at radius 1 is 1.17 bits per heavy atom. The third-order valence-electron chi connectivity index (χ3n) is 3.30. The topological polar surface area (TPSA) is 37.3 Å². The second-order valence-corrected chi connectivity index (χ2v) is 4.90. The third kappa shape index (κ3) is 3.86. The molecule has 2 heteroatoms. The van der Waals surface area contributed by atoms with Gasteiger partial charge in [-0.05, 0) is 37.0 Å². The van der Waals surface area contributed by atoms with Gasteiger partial charge in [-0.15, -0.1) is 0 Å². The first-order valence-corrected chi connectivity index (χ1v) is 6.95. The van der Waals surface area contributed by atoms with E-state index in [1.807, 2.05) is 26.0 Å². The largest absolute Gasteiger partial charge is 0.507 e. The molecule has 2 nitrogen and oxygen atoms in total. The molecule has 0 amide bonds. The van der Waals surface area contributed by atoms with Crippen LogP contribution in [0.4, 0.5) is 0 Å². The van der Waals surface area contributed by atoms with Crippen molar-refractivity contribution < 1.29 is 9.90 Å². The highest BCUT2D eigenvalue weighted by Gasteiger charge is 2.12. The van der Waals surface area contributed by atoms with Gasteiger partial charge in [0.2, 0.25) is 0 Å². The molecular formula is C16H24O2. The maximum Gasteiger partial charge on any atom is 0.166 e.